The molecule has 0 spiro atoms. The number of nitrogens with one attached hydrogen (secondary N) is 2. The highest BCUT2D eigenvalue weighted by atomic mass is 16.5. The summed E-state index contributed by atoms with van der Waals surface area (Å²) in [5.74, 6) is 2.40. The Bertz CT molecular complexity index is 1250. The molecule has 0 bridgehead atoms. The van der Waals surface area contributed by atoms with Crippen molar-refractivity contribution in [3.63, 3.8) is 0 Å². The number of benzene rings is 3. The van der Waals surface area contributed by atoms with Gasteiger partial charge in [0.25, 0.3) is 0 Å². The maximum absolute atomic E-state index is 13.7. The van der Waals surface area contributed by atoms with E-state index in [0.717, 1.165) is 45.9 Å². The number of para-hydroxylation sites is 2. The predicted molar refractivity (Wildman–Crippen MR) is 133 cm³/mol. The summed E-state index contributed by atoms with van der Waals surface area (Å²) in [6.07, 6.45) is 1.18. The third-order valence-corrected chi connectivity index (χ3v) is 6.65. The number of hydrogen-bond donors (Lipinski definition) is 2. The SMILES string of the molecule is COc1ccc(C2CC(=O)C3=C(C2)Nc2ccccc2NC3c2ccc(OC)cc2OC)cc1. The first-order chi connectivity index (χ1) is 16.6. The van der Waals surface area contributed by atoms with Crippen LogP contribution in [0.2, 0.25) is 0 Å². The fourth-order valence-corrected chi connectivity index (χ4v) is 4.89. The molecule has 2 N–H and O–H groups in total. The van der Waals surface area contributed by atoms with E-state index in [9.17, 15) is 4.79 Å². The summed E-state index contributed by atoms with van der Waals surface area (Å²) in [5, 5.41) is 7.19. The molecule has 1 aliphatic carbocycles. The van der Waals surface area contributed by atoms with E-state index in [2.05, 4.69) is 22.8 Å². The molecule has 3 aromatic rings. The van der Waals surface area contributed by atoms with Crippen molar-refractivity contribution >= 4 is 17.2 Å². The average molecular weight is 457 g/mol. The number of anilines is 2. The van der Waals surface area contributed by atoms with Crippen LogP contribution < -0.4 is 24.8 Å². The van der Waals surface area contributed by atoms with Crippen molar-refractivity contribution in [1.82, 2.24) is 0 Å². The van der Waals surface area contributed by atoms with Gasteiger partial charge in [-0.1, -0.05) is 24.3 Å². The van der Waals surface area contributed by atoms with Gasteiger partial charge in [-0.05, 0) is 54.3 Å². The maximum atomic E-state index is 13.7. The first kappa shape index (κ1) is 21.9. The zero-order valence-electron chi connectivity index (χ0n) is 19.6. The Labute approximate surface area is 199 Å². The number of ketones is 1. The minimum absolute atomic E-state index is 0.0910. The summed E-state index contributed by atoms with van der Waals surface area (Å²) in [5.41, 5.74) is 5.61. The van der Waals surface area contributed by atoms with Crippen LogP contribution in [-0.4, -0.2) is 27.1 Å². The molecule has 174 valence electrons. The molecule has 6 nitrogen and oxygen atoms in total. The van der Waals surface area contributed by atoms with Crippen molar-refractivity contribution in [2.24, 2.45) is 0 Å². The van der Waals surface area contributed by atoms with Gasteiger partial charge in [0.05, 0.1) is 38.7 Å². The van der Waals surface area contributed by atoms with Gasteiger partial charge in [-0.3, -0.25) is 4.79 Å². The molecule has 0 amide bonds. The summed E-state index contributed by atoms with van der Waals surface area (Å²) in [7, 11) is 4.92. The molecule has 0 fully saturated rings. The standard InChI is InChI=1S/C28H28N2O4/c1-32-19-10-8-17(9-11-19)18-14-24-27(25(31)15-18)28(30-23-7-5-4-6-22(23)29-24)21-13-12-20(33-2)16-26(21)34-3/h4-13,16,18,28-30H,14-15H2,1-3H3. The third-order valence-electron chi connectivity index (χ3n) is 6.65. The van der Waals surface area contributed by atoms with E-state index in [-0.39, 0.29) is 17.7 Å². The summed E-state index contributed by atoms with van der Waals surface area (Å²) >= 11 is 0. The van der Waals surface area contributed by atoms with E-state index in [1.165, 1.54) is 0 Å². The summed E-state index contributed by atoms with van der Waals surface area (Å²) in [6, 6.07) is 21.4. The van der Waals surface area contributed by atoms with Crippen LogP contribution in [0.3, 0.4) is 0 Å². The molecule has 34 heavy (non-hydrogen) atoms. The highest BCUT2D eigenvalue weighted by Crippen LogP contribution is 2.46. The smallest absolute Gasteiger partial charge is 0.163 e. The summed E-state index contributed by atoms with van der Waals surface area (Å²) in [6.45, 7) is 0. The first-order valence-electron chi connectivity index (χ1n) is 11.4. The summed E-state index contributed by atoms with van der Waals surface area (Å²) in [4.78, 5) is 13.7. The molecule has 2 unspecified atom stereocenters. The number of fused-ring (bicyclic) bond motifs is 1. The lowest BCUT2D eigenvalue weighted by atomic mass is 9.78. The second-order valence-electron chi connectivity index (χ2n) is 8.55. The van der Waals surface area contributed by atoms with Crippen LogP contribution >= 0.6 is 0 Å². The van der Waals surface area contributed by atoms with Gasteiger partial charge in [0.15, 0.2) is 5.78 Å². The minimum atomic E-state index is -0.351. The Morgan fingerprint density at radius 2 is 1.50 bits per heavy atom. The Morgan fingerprint density at radius 3 is 2.21 bits per heavy atom. The van der Waals surface area contributed by atoms with Gasteiger partial charge in [0.1, 0.15) is 17.2 Å². The van der Waals surface area contributed by atoms with Crippen LogP contribution in [0.5, 0.6) is 17.2 Å². The monoisotopic (exact) mass is 456 g/mol. The average Bonchev–Trinajstić information content (AvgIpc) is 3.05. The number of ether oxygens (including phenoxy) is 3. The number of allylic oxidation sites excluding steroid dienone is 1. The number of carbonyl (C=O) groups is 1. The molecule has 0 radical (unpaired) electrons. The van der Waals surface area contributed by atoms with Gasteiger partial charge in [0.2, 0.25) is 0 Å². The molecule has 1 aliphatic heterocycles. The normalized spacial score (nSPS) is 19.2. The van der Waals surface area contributed by atoms with Crippen molar-refractivity contribution in [3.8, 4) is 17.2 Å². The Hall–Kier alpha value is -3.93. The van der Waals surface area contributed by atoms with Crippen LogP contribution in [0.15, 0.2) is 78.0 Å². The van der Waals surface area contributed by atoms with Crippen LogP contribution in [0, 0.1) is 0 Å². The largest absolute Gasteiger partial charge is 0.497 e. The second-order valence-corrected chi connectivity index (χ2v) is 8.55. The van der Waals surface area contributed by atoms with Gasteiger partial charge in [-0.15, -0.1) is 0 Å². The Balaban J connectivity index is 1.60. The van der Waals surface area contributed by atoms with Crippen LogP contribution in [0.4, 0.5) is 11.4 Å². The van der Waals surface area contributed by atoms with E-state index < -0.39 is 0 Å². The Morgan fingerprint density at radius 1 is 0.794 bits per heavy atom. The molecular weight excluding hydrogens is 428 g/mol. The van der Waals surface area contributed by atoms with E-state index >= 15 is 0 Å². The van der Waals surface area contributed by atoms with Crippen molar-refractivity contribution in [1.29, 1.82) is 0 Å². The molecule has 2 aliphatic rings. The van der Waals surface area contributed by atoms with Crippen molar-refractivity contribution in [3.05, 3.63) is 89.1 Å². The van der Waals surface area contributed by atoms with E-state index in [4.69, 9.17) is 14.2 Å². The maximum Gasteiger partial charge on any atom is 0.163 e. The van der Waals surface area contributed by atoms with Gasteiger partial charge in [-0.25, -0.2) is 0 Å². The van der Waals surface area contributed by atoms with Gasteiger partial charge in [0, 0.05) is 29.3 Å². The van der Waals surface area contributed by atoms with Crippen molar-refractivity contribution < 1.29 is 19.0 Å². The first-order valence-corrected chi connectivity index (χ1v) is 11.4. The fourth-order valence-electron chi connectivity index (χ4n) is 4.89. The van der Waals surface area contributed by atoms with E-state index in [1.54, 1.807) is 21.3 Å². The molecular formula is C28H28N2O4. The predicted octanol–water partition coefficient (Wildman–Crippen LogP) is 5.69. The summed E-state index contributed by atoms with van der Waals surface area (Å²) < 4.78 is 16.4. The number of methoxy groups -OCH3 is 3. The minimum Gasteiger partial charge on any atom is -0.497 e. The molecule has 1 heterocycles. The lowest BCUT2D eigenvalue weighted by molar-refractivity contribution is -0.116. The number of Topliss-reactive ketones (excluding diaryl/α,β-unsaturated/α-hetero) is 1. The third kappa shape index (κ3) is 3.96. The Kier molecular flexibility index (Phi) is 5.88. The number of rotatable bonds is 5. The second kappa shape index (κ2) is 9.14. The highest BCUT2D eigenvalue weighted by Gasteiger charge is 2.37. The topological polar surface area (TPSA) is 68.8 Å². The van der Waals surface area contributed by atoms with Gasteiger partial charge < -0.3 is 24.8 Å². The van der Waals surface area contributed by atoms with E-state index in [1.807, 2.05) is 54.6 Å². The lowest BCUT2D eigenvalue weighted by Gasteiger charge is -2.30. The lowest BCUT2D eigenvalue weighted by Crippen LogP contribution is -2.27. The molecule has 2 atom stereocenters. The molecule has 3 aromatic carbocycles. The van der Waals surface area contributed by atoms with Crippen LogP contribution in [-0.2, 0) is 4.79 Å². The molecule has 5 rings (SSSR count). The number of hydrogen-bond acceptors (Lipinski definition) is 6. The molecule has 0 aromatic heterocycles. The highest BCUT2D eigenvalue weighted by molar-refractivity contribution is 6.01. The molecule has 0 saturated carbocycles. The number of carbonyl (C=O) groups excluding carboxylic acids is 1. The van der Waals surface area contributed by atoms with Crippen molar-refractivity contribution in [2.45, 2.75) is 24.8 Å². The van der Waals surface area contributed by atoms with Gasteiger partial charge >= 0.3 is 0 Å². The van der Waals surface area contributed by atoms with E-state index in [0.29, 0.717) is 17.9 Å². The molecule has 6 heteroatoms. The quantitative estimate of drug-likeness (QED) is 0.514. The zero-order chi connectivity index (χ0) is 23.7. The van der Waals surface area contributed by atoms with Crippen molar-refractivity contribution in [2.75, 3.05) is 32.0 Å². The van der Waals surface area contributed by atoms with Gasteiger partial charge in [-0.2, -0.15) is 0 Å². The van der Waals surface area contributed by atoms with Crippen LogP contribution in [0.25, 0.3) is 0 Å². The fraction of sp³-hybridized carbons (Fsp3) is 0.250. The molecule has 0 saturated heterocycles. The zero-order valence-corrected chi connectivity index (χ0v) is 19.6. The van der Waals surface area contributed by atoms with Crippen LogP contribution in [0.1, 0.15) is 35.9 Å².